The molecular formula is C23H31FN6O3S. The molecule has 3 rings (SSSR count). The van der Waals surface area contributed by atoms with Crippen molar-refractivity contribution in [3.63, 3.8) is 0 Å². The van der Waals surface area contributed by atoms with Gasteiger partial charge in [0.15, 0.2) is 10.8 Å². The van der Waals surface area contributed by atoms with E-state index in [9.17, 15) is 9.18 Å². The molecule has 2 atom stereocenters. The highest BCUT2D eigenvalue weighted by molar-refractivity contribution is 7.19. The average molecular weight is 491 g/mol. The lowest BCUT2D eigenvalue weighted by atomic mass is 10.1. The molecule has 0 bridgehead atoms. The number of halogens is 1. The van der Waals surface area contributed by atoms with E-state index in [1.54, 1.807) is 13.2 Å². The molecular weight excluding hydrogens is 459 g/mol. The van der Waals surface area contributed by atoms with Gasteiger partial charge in [0.05, 0.1) is 11.8 Å². The van der Waals surface area contributed by atoms with Crippen LogP contribution in [0.25, 0.3) is 10.3 Å². The van der Waals surface area contributed by atoms with Crippen LogP contribution < -0.4 is 15.4 Å². The second-order valence-corrected chi connectivity index (χ2v) is 9.06. The maximum Gasteiger partial charge on any atom is 0.280 e. The van der Waals surface area contributed by atoms with Crippen molar-refractivity contribution < 1.29 is 18.7 Å². The predicted octanol–water partition coefficient (Wildman–Crippen LogP) is 3.84. The monoisotopic (exact) mass is 490 g/mol. The summed E-state index contributed by atoms with van der Waals surface area (Å²) in [6.07, 6.45) is 2.48. The van der Waals surface area contributed by atoms with E-state index in [-0.39, 0.29) is 18.1 Å². The minimum Gasteiger partial charge on any atom is -0.485 e. The van der Waals surface area contributed by atoms with Crippen LogP contribution in [0.2, 0.25) is 0 Å². The van der Waals surface area contributed by atoms with Gasteiger partial charge in [0.2, 0.25) is 0 Å². The number of hydrogen-bond donors (Lipinski definition) is 2. The number of ether oxygens (including phenoxy) is 2. The fourth-order valence-electron chi connectivity index (χ4n) is 3.27. The molecule has 2 heterocycles. The minimum absolute atomic E-state index is 0.177. The van der Waals surface area contributed by atoms with Crippen molar-refractivity contribution in [2.45, 2.75) is 38.9 Å². The number of fused-ring (bicyclic) bond motifs is 1. The number of thiazole rings is 1. The van der Waals surface area contributed by atoms with Gasteiger partial charge < -0.3 is 25.0 Å². The first-order valence-electron chi connectivity index (χ1n) is 11.1. The van der Waals surface area contributed by atoms with Crippen molar-refractivity contribution >= 4 is 39.1 Å². The summed E-state index contributed by atoms with van der Waals surface area (Å²) in [5.41, 5.74) is 0.976. The Kier molecular flexibility index (Phi) is 9.08. The Morgan fingerprint density at radius 2 is 2.09 bits per heavy atom. The van der Waals surface area contributed by atoms with Crippen LogP contribution in [0.4, 0.5) is 15.9 Å². The fraction of sp³-hybridized carbons (Fsp3) is 0.478. The van der Waals surface area contributed by atoms with Gasteiger partial charge in [-0.3, -0.25) is 4.79 Å². The zero-order valence-electron chi connectivity index (χ0n) is 20.1. The quantitative estimate of drug-likeness (QED) is 0.369. The summed E-state index contributed by atoms with van der Waals surface area (Å²) in [7, 11) is 5.58. The minimum atomic E-state index is -0.421. The van der Waals surface area contributed by atoms with Gasteiger partial charge in [0.1, 0.15) is 34.3 Å². The Morgan fingerprint density at radius 3 is 2.79 bits per heavy atom. The molecule has 0 saturated carbocycles. The smallest absolute Gasteiger partial charge is 0.280 e. The van der Waals surface area contributed by atoms with Gasteiger partial charge in [0.25, 0.3) is 5.91 Å². The Hall–Kier alpha value is -2.89. The van der Waals surface area contributed by atoms with E-state index in [1.165, 1.54) is 29.8 Å². The molecule has 1 amide bonds. The van der Waals surface area contributed by atoms with Crippen LogP contribution in [-0.4, -0.2) is 72.3 Å². The van der Waals surface area contributed by atoms with Crippen molar-refractivity contribution in [1.82, 2.24) is 25.2 Å². The normalized spacial score (nSPS) is 13.1. The van der Waals surface area contributed by atoms with E-state index in [4.69, 9.17) is 9.47 Å². The first-order valence-corrected chi connectivity index (χ1v) is 11.9. The van der Waals surface area contributed by atoms with Gasteiger partial charge in [-0.05, 0) is 52.5 Å². The molecule has 2 N–H and O–H groups in total. The summed E-state index contributed by atoms with van der Waals surface area (Å²) in [5.74, 6) is 0.0573. The Bertz CT molecular complexity index is 1110. The summed E-state index contributed by atoms with van der Waals surface area (Å²) < 4.78 is 25.5. The number of rotatable bonds is 12. The zero-order chi connectivity index (χ0) is 24.7. The molecule has 0 fully saturated rings. The lowest BCUT2D eigenvalue weighted by Crippen LogP contribution is -2.30. The van der Waals surface area contributed by atoms with Crippen LogP contribution in [0.3, 0.4) is 0 Å². The highest BCUT2D eigenvalue weighted by atomic mass is 32.1. The number of benzene rings is 1. The maximum atomic E-state index is 14.0. The summed E-state index contributed by atoms with van der Waals surface area (Å²) >= 11 is 1.19. The number of carbonyl (C=O) groups excluding carboxylic acids is 1. The molecule has 11 heteroatoms. The van der Waals surface area contributed by atoms with Gasteiger partial charge >= 0.3 is 0 Å². The molecule has 0 aliphatic heterocycles. The molecule has 0 aliphatic rings. The molecule has 9 nitrogen and oxygen atoms in total. The van der Waals surface area contributed by atoms with E-state index < -0.39 is 5.82 Å². The maximum absolute atomic E-state index is 14.0. The summed E-state index contributed by atoms with van der Waals surface area (Å²) in [4.78, 5) is 28.2. The lowest BCUT2D eigenvalue weighted by molar-refractivity contribution is 0.0124. The zero-order valence-corrected chi connectivity index (χ0v) is 20.9. The molecule has 2 unspecified atom stereocenters. The third kappa shape index (κ3) is 6.58. The molecule has 0 spiro atoms. The number of methoxy groups -OCH3 is 1. The number of carbonyl (C=O) groups is 1. The summed E-state index contributed by atoms with van der Waals surface area (Å²) in [5, 5.41) is 6.36. The third-order valence-corrected chi connectivity index (χ3v) is 6.19. The first-order chi connectivity index (χ1) is 16.3. The van der Waals surface area contributed by atoms with E-state index >= 15 is 0 Å². The molecule has 1 aromatic carbocycles. The molecule has 184 valence electrons. The highest BCUT2D eigenvalue weighted by Crippen LogP contribution is 2.33. The number of aromatic nitrogens is 3. The number of nitrogens with one attached hydrogen (secondary N) is 2. The Balaban J connectivity index is 1.82. The van der Waals surface area contributed by atoms with E-state index in [1.807, 2.05) is 27.9 Å². The number of hydrogen-bond acceptors (Lipinski definition) is 9. The second-order valence-electron chi connectivity index (χ2n) is 8.08. The fourth-order valence-corrected chi connectivity index (χ4v) is 4.09. The Labute approximate surface area is 202 Å². The average Bonchev–Trinajstić information content (AvgIpc) is 3.26. The van der Waals surface area contributed by atoms with Crippen LogP contribution in [0, 0.1) is 5.82 Å². The van der Waals surface area contributed by atoms with Crippen molar-refractivity contribution in [3.05, 3.63) is 35.4 Å². The number of anilines is 2. The third-order valence-electron chi connectivity index (χ3n) is 5.23. The molecule has 34 heavy (non-hydrogen) atoms. The number of nitrogens with zero attached hydrogens (tertiary/aromatic N) is 4. The van der Waals surface area contributed by atoms with Crippen LogP contribution in [-0.2, 0) is 4.74 Å². The largest absolute Gasteiger partial charge is 0.485 e. The predicted molar refractivity (Wildman–Crippen MR) is 132 cm³/mol. The van der Waals surface area contributed by atoms with Crippen LogP contribution in [0.5, 0.6) is 5.75 Å². The van der Waals surface area contributed by atoms with Crippen molar-refractivity contribution in [2.24, 2.45) is 0 Å². The molecule has 0 aliphatic carbocycles. The topological polar surface area (TPSA) is 102 Å². The second kappa shape index (κ2) is 12.0. The number of amides is 1. The molecule has 2 aromatic heterocycles. The van der Waals surface area contributed by atoms with E-state index in [0.29, 0.717) is 45.6 Å². The molecule has 3 aromatic rings. The first kappa shape index (κ1) is 25.7. The molecule has 0 saturated heterocycles. The van der Waals surface area contributed by atoms with E-state index in [0.717, 1.165) is 13.0 Å². The molecule has 0 radical (unpaired) electrons. The SMILES string of the molecule is CCC(Oc1cc(F)ccc1Nc1ncnc2sc(C(=O)NCCCN(C)C)nc12)C(C)OC. The van der Waals surface area contributed by atoms with Crippen molar-refractivity contribution in [2.75, 3.05) is 39.6 Å². The van der Waals surface area contributed by atoms with Crippen LogP contribution in [0.15, 0.2) is 24.5 Å². The van der Waals surface area contributed by atoms with Gasteiger partial charge in [0, 0.05) is 19.7 Å². The summed E-state index contributed by atoms with van der Waals surface area (Å²) in [6, 6.07) is 4.23. The lowest BCUT2D eigenvalue weighted by Gasteiger charge is -2.24. The Morgan fingerprint density at radius 1 is 1.29 bits per heavy atom. The summed E-state index contributed by atoms with van der Waals surface area (Å²) in [6.45, 7) is 5.31. The highest BCUT2D eigenvalue weighted by Gasteiger charge is 2.21. The van der Waals surface area contributed by atoms with Gasteiger partial charge in [-0.2, -0.15) is 0 Å². The van der Waals surface area contributed by atoms with E-state index in [2.05, 4.69) is 30.5 Å². The van der Waals surface area contributed by atoms with Crippen molar-refractivity contribution in [1.29, 1.82) is 0 Å². The van der Waals surface area contributed by atoms with Gasteiger partial charge in [-0.15, -0.1) is 0 Å². The van der Waals surface area contributed by atoms with Crippen LogP contribution in [0.1, 0.15) is 36.5 Å². The standard InChI is InChI=1S/C23H31FN6O3S/c1-6-17(14(2)32-5)33-18-12-15(24)8-9-16(18)28-20-19-22(27-13-26-20)34-23(29-19)21(31)25-10-7-11-30(3)4/h8-9,12-14,17H,6-7,10-11H2,1-5H3,(H,25,31)(H,26,27,28). The van der Waals surface area contributed by atoms with Crippen molar-refractivity contribution in [3.8, 4) is 5.75 Å². The van der Waals surface area contributed by atoms with Crippen LogP contribution >= 0.6 is 11.3 Å². The van der Waals surface area contributed by atoms with Gasteiger partial charge in [-0.1, -0.05) is 18.3 Å². The van der Waals surface area contributed by atoms with Gasteiger partial charge in [-0.25, -0.2) is 19.3 Å².